The molecule has 0 rings (SSSR count). The zero-order chi connectivity index (χ0) is 19.5. The molecule has 0 heterocycles. The summed E-state index contributed by atoms with van der Waals surface area (Å²) in [4.78, 5) is 3.81. The third-order valence-corrected chi connectivity index (χ3v) is 5.40. The van der Waals surface area contributed by atoms with Crippen LogP contribution < -0.4 is 56.5 Å². The number of rotatable bonds is 19. The molecule has 0 spiro atoms. The summed E-state index contributed by atoms with van der Waals surface area (Å²) in [7, 11) is -3.94. The van der Waals surface area contributed by atoms with Gasteiger partial charge in [-0.15, -0.1) is 0 Å². The molecule has 1 N–H and O–H groups in total. The summed E-state index contributed by atoms with van der Waals surface area (Å²) in [5.74, 6) is -0.484. The summed E-state index contributed by atoms with van der Waals surface area (Å²) in [5, 5.41) is 11.5. The zero-order valence-corrected chi connectivity index (χ0v) is 21.7. The molecule has 27 heavy (non-hydrogen) atoms. The van der Waals surface area contributed by atoms with E-state index in [0.717, 1.165) is 12.8 Å². The van der Waals surface area contributed by atoms with Crippen LogP contribution in [0.4, 0.5) is 0 Å². The van der Waals surface area contributed by atoms with Gasteiger partial charge in [-0.2, -0.15) is 8.42 Å². The van der Waals surface area contributed by atoms with Crippen molar-refractivity contribution in [2.24, 2.45) is 4.99 Å². The zero-order valence-electron chi connectivity index (χ0n) is 17.8. The van der Waals surface area contributed by atoms with E-state index in [1.807, 2.05) is 0 Å². The largest absolute Gasteiger partial charge is 1.00 e. The van der Waals surface area contributed by atoms with Crippen molar-refractivity contribution in [1.29, 1.82) is 0 Å². The van der Waals surface area contributed by atoms with Crippen LogP contribution in [0, 0.1) is 0 Å². The van der Waals surface area contributed by atoms with Crippen molar-refractivity contribution >= 4 is 16.0 Å². The first-order valence-electron chi connectivity index (χ1n) is 10.6. The Balaban J connectivity index is 0. The van der Waals surface area contributed by atoms with E-state index in [1.165, 1.54) is 77.0 Å². The smallest absolute Gasteiger partial charge is 0.862 e. The summed E-state index contributed by atoms with van der Waals surface area (Å²) < 4.78 is 29.6. The molecule has 0 bridgehead atoms. The van der Waals surface area contributed by atoms with Crippen LogP contribution in [0.2, 0.25) is 0 Å². The molecule has 0 saturated heterocycles. The Labute approximate surface area is 210 Å². The van der Waals surface area contributed by atoms with Gasteiger partial charge in [0.2, 0.25) is 0 Å². The predicted molar refractivity (Wildman–Crippen MR) is 108 cm³/mol. The fourth-order valence-corrected chi connectivity index (χ4v) is 3.49. The van der Waals surface area contributed by atoms with Crippen LogP contribution in [0.15, 0.2) is 4.99 Å². The molecule has 0 aromatic heterocycles. The van der Waals surface area contributed by atoms with Crippen LogP contribution in [0.5, 0.6) is 0 Å². The molecule has 156 valence electrons. The fourth-order valence-electron chi connectivity index (χ4n) is 3.00. The molecular weight excluding hydrogens is 389 g/mol. The van der Waals surface area contributed by atoms with E-state index in [0.29, 0.717) is 6.42 Å². The van der Waals surface area contributed by atoms with Gasteiger partial charge in [0.05, 0.1) is 5.75 Å². The summed E-state index contributed by atoms with van der Waals surface area (Å²) in [6.07, 6.45) is 18.6. The SMILES string of the molecule is CCCCCCCCCCCCCCCCC([O-])=NCCCS(=O)(=O)O.[K+]. The van der Waals surface area contributed by atoms with Gasteiger partial charge in [0.1, 0.15) is 0 Å². The second kappa shape index (κ2) is 21.7. The summed E-state index contributed by atoms with van der Waals surface area (Å²) in [6.45, 7) is 2.43. The van der Waals surface area contributed by atoms with E-state index in [4.69, 9.17) is 4.55 Å². The van der Waals surface area contributed by atoms with Gasteiger partial charge in [-0.3, -0.25) is 4.55 Å². The van der Waals surface area contributed by atoms with Crippen molar-refractivity contribution in [1.82, 2.24) is 0 Å². The van der Waals surface area contributed by atoms with Gasteiger partial charge in [-0.05, 0) is 25.2 Å². The standard InChI is InChI=1S/C20H41NO4S.K/c1-2-3-4-5-6-7-8-9-10-11-12-13-14-15-17-20(22)21-18-16-19-26(23,24)25;/h2-19H2,1H3,(H,21,22)(H,23,24,25);/q;+1/p-1. The third-order valence-electron chi connectivity index (χ3n) is 4.59. The van der Waals surface area contributed by atoms with Gasteiger partial charge >= 0.3 is 51.4 Å². The van der Waals surface area contributed by atoms with Gasteiger partial charge in [0.25, 0.3) is 10.1 Å². The van der Waals surface area contributed by atoms with Crippen molar-refractivity contribution in [2.75, 3.05) is 12.3 Å². The minimum atomic E-state index is -3.94. The topological polar surface area (TPSA) is 89.8 Å². The number of nitrogens with zero attached hydrogens (tertiary/aromatic N) is 1. The quantitative estimate of drug-likeness (QED) is 0.112. The predicted octanol–water partition coefficient (Wildman–Crippen LogP) is 1.90. The van der Waals surface area contributed by atoms with Gasteiger partial charge in [0, 0.05) is 6.54 Å². The maximum atomic E-state index is 11.5. The Hall–Kier alpha value is 1.02. The monoisotopic (exact) mass is 429 g/mol. The first kappa shape index (κ1) is 30.2. The van der Waals surface area contributed by atoms with Crippen LogP contribution in [-0.2, 0) is 10.1 Å². The minimum Gasteiger partial charge on any atom is -0.862 e. The summed E-state index contributed by atoms with van der Waals surface area (Å²) in [5.41, 5.74) is 0. The molecule has 5 nitrogen and oxygen atoms in total. The second-order valence-electron chi connectivity index (χ2n) is 7.26. The third kappa shape index (κ3) is 27.0. The van der Waals surface area contributed by atoms with Crippen molar-refractivity contribution < 1.29 is 69.5 Å². The first-order valence-corrected chi connectivity index (χ1v) is 12.2. The van der Waals surface area contributed by atoms with Crippen molar-refractivity contribution in [2.45, 2.75) is 110 Å². The molecule has 0 fully saturated rings. The molecule has 0 aliphatic carbocycles. The molecule has 0 unspecified atom stereocenters. The van der Waals surface area contributed by atoms with Crippen LogP contribution in [0.1, 0.15) is 110 Å². The second-order valence-corrected chi connectivity index (χ2v) is 8.83. The van der Waals surface area contributed by atoms with Gasteiger partial charge in [-0.25, -0.2) is 0 Å². The molecular formula is C20H40KNO4S. The summed E-state index contributed by atoms with van der Waals surface area (Å²) >= 11 is 0. The number of hydrogen-bond acceptors (Lipinski definition) is 4. The maximum absolute atomic E-state index is 11.5. The molecule has 0 aromatic carbocycles. The van der Waals surface area contributed by atoms with E-state index in [2.05, 4.69) is 11.9 Å². The van der Waals surface area contributed by atoms with E-state index < -0.39 is 10.1 Å². The molecule has 0 radical (unpaired) electrons. The molecule has 0 saturated carbocycles. The van der Waals surface area contributed by atoms with Crippen LogP contribution >= 0.6 is 0 Å². The molecule has 0 atom stereocenters. The average Bonchev–Trinajstić information content (AvgIpc) is 2.58. The number of unbranched alkanes of at least 4 members (excludes halogenated alkanes) is 13. The summed E-state index contributed by atoms with van der Waals surface area (Å²) in [6, 6.07) is 0. The molecule has 7 heteroatoms. The van der Waals surface area contributed by atoms with E-state index >= 15 is 0 Å². The molecule has 0 aromatic rings. The normalized spacial score (nSPS) is 12.1. The Morgan fingerprint density at radius 1 is 0.778 bits per heavy atom. The minimum absolute atomic E-state index is 0. The Morgan fingerprint density at radius 2 is 1.19 bits per heavy atom. The van der Waals surface area contributed by atoms with E-state index in [9.17, 15) is 13.5 Å². The van der Waals surface area contributed by atoms with Crippen LogP contribution in [0.3, 0.4) is 0 Å². The van der Waals surface area contributed by atoms with E-state index in [-0.39, 0.29) is 76.0 Å². The van der Waals surface area contributed by atoms with Gasteiger partial charge < -0.3 is 10.1 Å². The van der Waals surface area contributed by atoms with Crippen LogP contribution in [-0.4, -0.2) is 31.2 Å². The average molecular weight is 430 g/mol. The molecule has 0 aliphatic rings. The first-order chi connectivity index (χ1) is 12.5. The number of hydrogen-bond donors (Lipinski definition) is 1. The maximum Gasteiger partial charge on any atom is 1.00 e. The van der Waals surface area contributed by atoms with E-state index in [1.54, 1.807) is 0 Å². The molecule has 0 aliphatic heterocycles. The fraction of sp³-hybridized carbons (Fsp3) is 0.950. The number of aliphatic imine (C=N–C) groups is 1. The van der Waals surface area contributed by atoms with Crippen molar-refractivity contribution in [3.05, 3.63) is 0 Å². The van der Waals surface area contributed by atoms with Gasteiger partial charge in [0.15, 0.2) is 0 Å². The Bertz CT molecular complexity index is 441. The molecule has 0 amide bonds. The van der Waals surface area contributed by atoms with Crippen LogP contribution in [0.25, 0.3) is 0 Å². The Kier molecular flexibility index (Phi) is 24.3. The Morgan fingerprint density at radius 3 is 1.59 bits per heavy atom. The van der Waals surface area contributed by atoms with Crippen molar-refractivity contribution in [3.8, 4) is 0 Å². The van der Waals surface area contributed by atoms with Gasteiger partial charge in [-0.1, -0.05) is 90.4 Å². The van der Waals surface area contributed by atoms with Crippen molar-refractivity contribution in [3.63, 3.8) is 0 Å².